The summed E-state index contributed by atoms with van der Waals surface area (Å²) >= 11 is 0. The fraction of sp³-hybridized carbons (Fsp3) is 0.400. The highest BCUT2D eigenvalue weighted by atomic mass is 16.5. The smallest absolute Gasteiger partial charge is 0.373 e. The minimum absolute atomic E-state index is 0.250. The molecule has 36 heavy (non-hydrogen) atoms. The highest BCUT2D eigenvalue weighted by Crippen LogP contribution is 2.41. The van der Waals surface area contributed by atoms with Gasteiger partial charge < -0.3 is 15.0 Å². The lowest BCUT2D eigenvalue weighted by atomic mass is 10.0. The number of benzene rings is 2. The van der Waals surface area contributed by atoms with Gasteiger partial charge in [-0.25, -0.2) is 4.98 Å². The van der Waals surface area contributed by atoms with Crippen molar-refractivity contribution in [1.82, 2.24) is 9.88 Å². The first kappa shape index (κ1) is 25.6. The average Bonchev–Trinajstić information content (AvgIpc) is 3.51. The Morgan fingerprint density at radius 3 is 2.61 bits per heavy atom. The summed E-state index contributed by atoms with van der Waals surface area (Å²) in [6.07, 6.45) is 7.20. The van der Waals surface area contributed by atoms with Crippen molar-refractivity contribution in [2.45, 2.75) is 45.4 Å². The van der Waals surface area contributed by atoms with Gasteiger partial charge in [0, 0.05) is 24.2 Å². The number of unbranched alkanes of at least 4 members (excludes halogenated alkanes) is 1. The Labute approximate surface area is 213 Å². The van der Waals surface area contributed by atoms with E-state index in [1.54, 1.807) is 7.11 Å². The minimum Gasteiger partial charge on any atom is -0.497 e. The van der Waals surface area contributed by atoms with Crippen LogP contribution in [0.3, 0.4) is 0 Å². The lowest BCUT2D eigenvalue weighted by molar-refractivity contribution is -0.191. The third kappa shape index (κ3) is 6.39. The zero-order chi connectivity index (χ0) is 25.3. The van der Waals surface area contributed by atoms with Crippen LogP contribution in [0.1, 0.15) is 53.6 Å². The number of aromatic nitrogens is 1. The summed E-state index contributed by atoms with van der Waals surface area (Å²) < 4.78 is 5.42. The first-order valence-electron chi connectivity index (χ1n) is 12.8. The zero-order valence-corrected chi connectivity index (χ0v) is 21.3. The summed E-state index contributed by atoms with van der Waals surface area (Å²) in [6, 6.07) is 17.4. The summed E-state index contributed by atoms with van der Waals surface area (Å²) in [5, 5.41) is 3.72. The number of anilines is 1. The largest absolute Gasteiger partial charge is 0.497 e. The molecule has 1 N–H and O–H groups in total. The summed E-state index contributed by atoms with van der Waals surface area (Å²) in [4.78, 5) is 24.0. The van der Waals surface area contributed by atoms with Crippen LogP contribution in [0.15, 0.2) is 48.5 Å². The number of fused-ring (bicyclic) bond motifs is 3. The fourth-order valence-corrected chi connectivity index (χ4v) is 5.30. The second kappa shape index (κ2) is 12.5. The molecule has 1 aliphatic heterocycles. The number of carbonyl (C=O) groups excluding carboxylic acids is 2. The Morgan fingerprint density at radius 2 is 1.83 bits per heavy atom. The van der Waals surface area contributed by atoms with E-state index in [-0.39, 0.29) is 6.15 Å². The lowest BCUT2D eigenvalue weighted by Crippen LogP contribution is -2.21. The van der Waals surface area contributed by atoms with Crippen LogP contribution >= 0.6 is 0 Å². The van der Waals surface area contributed by atoms with Crippen LogP contribution in [0.5, 0.6) is 5.75 Å². The van der Waals surface area contributed by atoms with Gasteiger partial charge >= 0.3 is 6.15 Å². The molecular formula is C30H35N3O3. The Bertz CT molecular complexity index is 1210. The van der Waals surface area contributed by atoms with Gasteiger partial charge in [0.1, 0.15) is 11.6 Å². The number of hydrogen-bond acceptors (Lipinski definition) is 6. The van der Waals surface area contributed by atoms with Crippen LogP contribution < -0.4 is 10.1 Å². The van der Waals surface area contributed by atoms with E-state index in [4.69, 9.17) is 19.3 Å². The fourth-order valence-electron chi connectivity index (χ4n) is 5.30. The van der Waals surface area contributed by atoms with Gasteiger partial charge in [-0.3, -0.25) is 0 Å². The van der Waals surface area contributed by atoms with E-state index in [0.717, 1.165) is 36.6 Å². The van der Waals surface area contributed by atoms with E-state index in [2.05, 4.69) is 59.6 Å². The van der Waals surface area contributed by atoms with Crippen LogP contribution in [0.25, 0.3) is 11.1 Å². The Balaban J connectivity index is 0.000000967. The summed E-state index contributed by atoms with van der Waals surface area (Å²) in [7, 11) is 1.72. The number of nitrogens with one attached hydrogen (secondary N) is 1. The molecule has 0 radical (unpaired) electrons. The molecule has 2 aromatic carbocycles. The van der Waals surface area contributed by atoms with Crippen molar-refractivity contribution < 1.29 is 14.3 Å². The third-order valence-corrected chi connectivity index (χ3v) is 6.98. The van der Waals surface area contributed by atoms with Crippen LogP contribution in [-0.2, 0) is 22.4 Å². The van der Waals surface area contributed by atoms with Gasteiger partial charge in [-0.1, -0.05) is 35.9 Å². The lowest BCUT2D eigenvalue weighted by Gasteiger charge is -2.16. The van der Waals surface area contributed by atoms with Gasteiger partial charge in [0.25, 0.3) is 0 Å². The molecule has 188 valence electrons. The molecular weight excluding hydrogens is 450 g/mol. The summed E-state index contributed by atoms with van der Waals surface area (Å²) in [5.41, 5.74) is 9.12. The van der Waals surface area contributed by atoms with E-state index in [1.807, 2.05) is 6.07 Å². The van der Waals surface area contributed by atoms with Gasteiger partial charge in [0.05, 0.1) is 7.11 Å². The van der Waals surface area contributed by atoms with Crippen molar-refractivity contribution in [2.24, 2.45) is 0 Å². The molecule has 3 aromatic rings. The molecule has 0 amide bonds. The number of pyridine rings is 1. The summed E-state index contributed by atoms with van der Waals surface area (Å²) in [5.74, 6) is 1.95. The Morgan fingerprint density at radius 1 is 1.03 bits per heavy atom. The maximum Gasteiger partial charge on any atom is 0.373 e. The molecule has 6 nitrogen and oxygen atoms in total. The van der Waals surface area contributed by atoms with Crippen LogP contribution in [0.2, 0.25) is 0 Å². The molecule has 2 aliphatic rings. The second-order valence-corrected chi connectivity index (χ2v) is 9.63. The molecule has 0 spiro atoms. The van der Waals surface area contributed by atoms with E-state index in [1.165, 1.54) is 78.7 Å². The second-order valence-electron chi connectivity index (χ2n) is 9.63. The minimum atomic E-state index is 0.250. The normalized spacial score (nSPS) is 13.8. The van der Waals surface area contributed by atoms with Gasteiger partial charge in [-0.05, 0) is 99.1 Å². The van der Waals surface area contributed by atoms with Crippen LogP contribution in [-0.4, -0.2) is 49.3 Å². The Kier molecular flexibility index (Phi) is 8.88. The van der Waals surface area contributed by atoms with E-state index in [9.17, 15) is 0 Å². The monoisotopic (exact) mass is 485 g/mol. The summed E-state index contributed by atoms with van der Waals surface area (Å²) in [6.45, 7) is 6.94. The molecule has 1 aromatic heterocycles. The van der Waals surface area contributed by atoms with Gasteiger partial charge in [-0.2, -0.15) is 9.59 Å². The number of likely N-dealkylation sites (tertiary alicyclic amines) is 1. The SMILES string of the molecule is COc1cccc(Cc2cc3c(c(NCCCCN4CCCC4)n2)-c2ccc(C)cc2C3)c1.O=C=O. The highest BCUT2D eigenvalue weighted by Gasteiger charge is 2.24. The van der Waals surface area contributed by atoms with Gasteiger partial charge in [0.2, 0.25) is 0 Å². The number of aryl methyl sites for hydroxylation is 1. The van der Waals surface area contributed by atoms with Crippen LogP contribution in [0, 0.1) is 6.92 Å². The van der Waals surface area contributed by atoms with Gasteiger partial charge in [-0.15, -0.1) is 0 Å². The molecule has 0 atom stereocenters. The average molecular weight is 486 g/mol. The van der Waals surface area contributed by atoms with Crippen molar-refractivity contribution >= 4 is 12.0 Å². The van der Waals surface area contributed by atoms with Crippen LogP contribution in [0.4, 0.5) is 5.82 Å². The first-order valence-corrected chi connectivity index (χ1v) is 12.8. The maximum absolute atomic E-state index is 8.12. The number of rotatable bonds is 9. The molecule has 2 heterocycles. The van der Waals surface area contributed by atoms with Crippen molar-refractivity contribution in [1.29, 1.82) is 0 Å². The third-order valence-electron chi connectivity index (χ3n) is 6.98. The predicted octanol–water partition coefficient (Wildman–Crippen LogP) is 5.27. The predicted molar refractivity (Wildman–Crippen MR) is 141 cm³/mol. The molecule has 0 saturated carbocycles. The maximum atomic E-state index is 8.12. The molecule has 0 unspecified atom stereocenters. The standard InChI is InChI=1S/C29H35N3O.CO2/c1-21-10-11-27-23(16-21)19-24-20-25(17-22-8-7-9-26(18-22)33-2)31-29(28(24)27)30-12-3-4-13-32-14-5-6-15-32;2-1-3/h7-11,16,18,20H,3-6,12-15,17,19H2,1-2H3,(H,30,31);. The molecule has 1 saturated heterocycles. The number of hydrogen-bond donors (Lipinski definition) is 1. The number of ether oxygens (including phenoxy) is 1. The van der Waals surface area contributed by atoms with E-state index in [0.29, 0.717) is 0 Å². The van der Waals surface area contributed by atoms with Crippen molar-refractivity contribution in [3.63, 3.8) is 0 Å². The zero-order valence-electron chi connectivity index (χ0n) is 21.3. The number of nitrogens with zero attached hydrogens (tertiary/aromatic N) is 2. The van der Waals surface area contributed by atoms with E-state index >= 15 is 0 Å². The van der Waals surface area contributed by atoms with Gasteiger partial charge in [0.15, 0.2) is 0 Å². The van der Waals surface area contributed by atoms with Crippen molar-refractivity contribution in [3.8, 4) is 16.9 Å². The molecule has 0 bridgehead atoms. The Hall–Kier alpha value is -3.47. The van der Waals surface area contributed by atoms with E-state index < -0.39 is 0 Å². The quantitative estimate of drug-likeness (QED) is 0.326. The molecule has 6 heteroatoms. The molecule has 5 rings (SSSR count). The van der Waals surface area contributed by atoms with Crippen molar-refractivity contribution in [3.05, 3.63) is 76.5 Å². The number of methoxy groups -OCH3 is 1. The molecule has 1 aliphatic carbocycles. The highest BCUT2D eigenvalue weighted by molar-refractivity contribution is 5.85. The molecule has 1 fully saturated rings. The first-order chi connectivity index (χ1) is 17.6. The topological polar surface area (TPSA) is 71.5 Å². The van der Waals surface area contributed by atoms with Crippen molar-refractivity contribution in [2.75, 3.05) is 38.6 Å².